The number of hydrogen-bond acceptors (Lipinski definition) is 5. The van der Waals surface area contributed by atoms with Gasteiger partial charge in [-0.15, -0.1) is 0 Å². The summed E-state index contributed by atoms with van der Waals surface area (Å²) in [4.78, 5) is 21.5. The Morgan fingerprint density at radius 3 is 2.17 bits per heavy atom. The fraction of sp³-hybridized carbons (Fsp3) is 0.667. The van der Waals surface area contributed by atoms with Crippen molar-refractivity contribution in [3.8, 4) is 5.88 Å². The van der Waals surface area contributed by atoms with Crippen molar-refractivity contribution >= 4 is 71.2 Å². The molecule has 6 nitrogen and oxygen atoms in total. The normalized spacial score (nSPS) is 15.7. The monoisotopic (exact) mass is 904 g/mol. The third-order valence-electron chi connectivity index (χ3n) is 8.73. The number of halogens is 3. The number of ether oxygens (including phenoxy) is 1. The van der Waals surface area contributed by atoms with E-state index in [9.17, 15) is 18.0 Å². The van der Waals surface area contributed by atoms with Crippen molar-refractivity contribution in [3.05, 3.63) is 41.6 Å². The van der Waals surface area contributed by atoms with Gasteiger partial charge in [-0.3, -0.25) is 0 Å². The van der Waals surface area contributed by atoms with Crippen LogP contribution in [0, 0.1) is 0 Å². The summed E-state index contributed by atoms with van der Waals surface area (Å²) in [6.45, 7) is 18.3. The standard InChI is InChI=1S/C24H32F3N4O2Si.3C4H9.2Sn/c1-17-16-31(11-10-30(17)2)21-9-7-6-8-20(21)29-23(32)18-15-28-22(14-19(18)24(25,26)27)33-12-13-34(3,4)5;3*1-3-4-2;;/h7-9,14-15,17H,10-13,16H2,1-5H3,(H,29,32);3*1,3-4H2,2H3;;/t17-;;;;;/m0...../s1. The van der Waals surface area contributed by atoms with Crippen LogP contribution in [0.15, 0.2) is 30.5 Å². The van der Waals surface area contributed by atoms with Crippen LogP contribution in [0.5, 0.6) is 5.88 Å². The van der Waals surface area contributed by atoms with Crippen LogP contribution < -0.4 is 18.5 Å². The first kappa shape index (κ1) is 43.2. The van der Waals surface area contributed by atoms with E-state index < -0.39 is 51.0 Å². The van der Waals surface area contributed by atoms with E-state index in [4.69, 9.17) is 4.74 Å². The molecule has 1 atom stereocenters. The van der Waals surface area contributed by atoms with Gasteiger partial charge in [0.2, 0.25) is 0 Å². The molecule has 1 aromatic heterocycles. The summed E-state index contributed by atoms with van der Waals surface area (Å²) in [5, 5.41) is 2.73. The Morgan fingerprint density at radius 2 is 1.65 bits per heavy atom. The summed E-state index contributed by atoms with van der Waals surface area (Å²) < 4.78 is 53.2. The molecule has 48 heavy (non-hydrogen) atoms. The first-order valence-electron chi connectivity index (χ1n) is 17.7. The number of piperazine rings is 1. The van der Waals surface area contributed by atoms with E-state index in [0.29, 0.717) is 18.3 Å². The van der Waals surface area contributed by atoms with E-state index in [1.807, 2.05) is 18.2 Å². The van der Waals surface area contributed by atoms with Gasteiger partial charge in [-0.25, -0.2) is 0 Å². The number of nitrogens with zero attached hydrogens (tertiary/aromatic N) is 3. The topological polar surface area (TPSA) is 57.7 Å². The molecule has 2 heterocycles. The first-order valence-corrected chi connectivity index (χ1v) is 28.9. The van der Waals surface area contributed by atoms with E-state index in [0.717, 1.165) is 69.7 Å². The van der Waals surface area contributed by atoms with Crippen molar-refractivity contribution in [2.24, 2.45) is 0 Å². The number of aromatic nitrogens is 1. The number of alkyl halides is 3. The van der Waals surface area contributed by atoms with Crippen LogP contribution in [-0.4, -0.2) is 105 Å². The minimum absolute atomic E-state index is 0.126. The molecule has 1 amide bonds. The number of benzene rings is 1. The second-order valence-corrected chi connectivity index (χ2v) is 30.1. The van der Waals surface area contributed by atoms with Gasteiger partial charge in [-0.05, 0) is 0 Å². The molecular formula is C36H59F3N4O2SiSn2. The molecular weight excluding hydrogens is 843 g/mol. The molecule has 1 aliphatic rings. The van der Waals surface area contributed by atoms with Crippen molar-refractivity contribution in [1.82, 2.24) is 9.88 Å². The molecule has 1 N–H and O–H groups in total. The maximum absolute atomic E-state index is 13.9. The third-order valence-corrected chi connectivity index (χ3v) is 20.4. The van der Waals surface area contributed by atoms with Gasteiger partial charge in [0.25, 0.3) is 0 Å². The number of rotatable bonds is 16. The number of unbranched alkanes of at least 4 members (excludes halogenated alkanes) is 3. The predicted octanol–water partition coefficient (Wildman–Crippen LogP) is 8.89. The Balaban J connectivity index is 0.000000521. The Hall–Kier alpha value is -0.996. The minimum atomic E-state index is -4.72. The van der Waals surface area contributed by atoms with Gasteiger partial charge < -0.3 is 0 Å². The van der Waals surface area contributed by atoms with E-state index in [-0.39, 0.29) is 5.88 Å². The number of amides is 1. The van der Waals surface area contributed by atoms with E-state index in [1.54, 1.807) is 13.3 Å². The molecule has 0 spiro atoms. The molecule has 0 unspecified atom stereocenters. The van der Waals surface area contributed by atoms with Crippen LogP contribution in [0.3, 0.4) is 0 Å². The summed E-state index contributed by atoms with van der Waals surface area (Å²) in [5.74, 6) is -0.970. The van der Waals surface area contributed by atoms with Gasteiger partial charge in [0.1, 0.15) is 0 Å². The quantitative estimate of drug-likeness (QED) is 0.171. The van der Waals surface area contributed by atoms with Crippen molar-refractivity contribution in [1.29, 1.82) is 0 Å². The van der Waals surface area contributed by atoms with Gasteiger partial charge in [0.05, 0.1) is 0 Å². The molecule has 1 fully saturated rings. The van der Waals surface area contributed by atoms with Gasteiger partial charge >= 0.3 is 284 Å². The van der Waals surface area contributed by atoms with Crippen LogP contribution in [-0.2, 0) is 6.18 Å². The van der Waals surface area contributed by atoms with Gasteiger partial charge in [-0.2, -0.15) is 0 Å². The SMILES string of the molecule is CCC[CH2][Sn]([CH2]CCC)[CH2]CCC.C[C@H]1CN(c2cc[c]([Sn])cc2NC(=O)c2cnc(OCC[Si](C)(C)C)cc2C(F)(F)F)CCN1C. The number of carbonyl (C=O) groups excluding carboxylic acids is 1. The number of hydrogen-bond donors (Lipinski definition) is 1. The average molecular weight is 902 g/mol. The summed E-state index contributed by atoms with van der Waals surface area (Å²) in [6, 6.07) is 7.65. The fourth-order valence-corrected chi connectivity index (χ4v) is 16.2. The van der Waals surface area contributed by atoms with Crippen molar-refractivity contribution in [2.75, 3.05) is 43.5 Å². The maximum atomic E-state index is 13.9. The molecule has 2 aromatic rings. The summed E-state index contributed by atoms with van der Waals surface area (Å²) in [5.41, 5.74) is -0.273. The number of anilines is 2. The van der Waals surface area contributed by atoms with E-state index >= 15 is 0 Å². The van der Waals surface area contributed by atoms with Crippen LogP contribution in [0.4, 0.5) is 24.5 Å². The third kappa shape index (κ3) is 15.5. The molecule has 4 radical (unpaired) electrons. The zero-order chi connectivity index (χ0) is 35.9. The van der Waals surface area contributed by atoms with Crippen molar-refractivity contribution in [3.63, 3.8) is 0 Å². The Kier molecular flexibility index (Phi) is 19.2. The van der Waals surface area contributed by atoms with Crippen molar-refractivity contribution in [2.45, 2.75) is 117 Å². The van der Waals surface area contributed by atoms with Crippen LogP contribution >= 0.6 is 0 Å². The second-order valence-electron chi connectivity index (χ2n) is 14.2. The van der Waals surface area contributed by atoms with Crippen LogP contribution in [0.1, 0.15) is 82.1 Å². The number of pyridine rings is 1. The fourth-order valence-electron chi connectivity index (χ4n) is 5.42. The van der Waals surface area contributed by atoms with Gasteiger partial charge in [-0.1, -0.05) is 19.6 Å². The number of nitrogens with one attached hydrogen (secondary N) is 1. The Morgan fingerprint density at radius 1 is 1.04 bits per heavy atom. The molecule has 0 aliphatic carbocycles. The molecule has 1 saturated heterocycles. The zero-order valence-corrected chi connectivity index (χ0v) is 37.4. The molecule has 1 aliphatic heterocycles. The molecule has 12 heteroatoms. The second kappa shape index (κ2) is 21.4. The molecule has 1 aromatic carbocycles. The van der Waals surface area contributed by atoms with E-state index in [2.05, 4.69) is 74.5 Å². The number of likely N-dealkylation sites (N-methyl/N-ethyl adjacent to an activating group) is 1. The summed E-state index contributed by atoms with van der Waals surface area (Å²) in [6.07, 6.45) is 5.08. The molecule has 0 bridgehead atoms. The van der Waals surface area contributed by atoms with Crippen molar-refractivity contribution < 1.29 is 22.7 Å². The zero-order valence-electron chi connectivity index (χ0n) is 30.7. The van der Waals surface area contributed by atoms with Gasteiger partial charge in [0.15, 0.2) is 0 Å². The first-order chi connectivity index (χ1) is 22.6. The van der Waals surface area contributed by atoms with Crippen LogP contribution in [0.25, 0.3) is 0 Å². The Labute approximate surface area is 310 Å². The molecule has 3 rings (SSSR count). The number of carbonyl (C=O) groups is 1. The van der Waals surface area contributed by atoms with Crippen LogP contribution in [0.2, 0.25) is 39.0 Å². The average Bonchev–Trinajstić information content (AvgIpc) is 3.01. The summed E-state index contributed by atoms with van der Waals surface area (Å²) in [7, 11) is 0.653. The molecule has 268 valence electrons. The Bertz CT molecular complexity index is 1240. The summed E-state index contributed by atoms with van der Waals surface area (Å²) >= 11 is 0.307. The van der Waals surface area contributed by atoms with Gasteiger partial charge in [0, 0.05) is 8.07 Å². The van der Waals surface area contributed by atoms with E-state index in [1.165, 1.54) is 38.5 Å². The molecule has 0 saturated carbocycles. The predicted molar refractivity (Wildman–Crippen MR) is 202 cm³/mol.